The Morgan fingerprint density at radius 2 is 2.35 bits per heavy atom. The van der Waals surface area contributed by atoms with Crippen molar-refractivity contribution in [2.75, 3.05) is 13.7 Å². The quantitative estimate of drug-likeness (QED) is 0.778. The maximum Gasteiger partial charge on any atom is 0.216 e. The second-order valence-corrected chi connectivity index (χ2v) is 5.64. The molecule has 1 aliphatic carbocycles. The number of rotatable bonds is 5. The molecule has 1 fully saturated rings. The molecule has 1 aliphatic rings. The average molecular weight is 280 g/mol. The van der Waals surface area contributed by atoms with Gasteiger partial charge in [-0.3, -0.25) is 9.48 Å². The highest BCUT2D eigenvalue weighted by Crippen LogP contribution is 2.39. The number of ether oxygens (including phenoxy) is 2. The van der Waals surface area contributed by atoms with Gasteiger partial charge in [0.05, 0.1) is 13.3 Å². The van der Waals surface area contributed by atoms with Gasteiger partial charge in [0.1, 0.15) is 11.3 Å². The van der Waals surface area contributed by atoms with Crippen LogP contribution in [0.3, 0.4) is 0 Å². The maximum atomic E-state index is 13.1. The van der Waals surface area contributed by atoms with Crippen LogP contribution in [0.2, 0.25) is 0 Å². The van der Waals surface area contributed by atoms with Crippen molar-refractivity contribution in [2.45, 2.75) is 45.1 Å². The molecular weight excluding hydrogens is 256 g/mol. The number of Topliss-reactive ketones (excluding diaryl/α,β-unsaturated/α-hetero) is 1. The number of nitrogens with zero attached hydrogens (tertiary/aromatic N) is 2. The predicted molar refractivity (Wildman–Crippen MR) is 76.1 cm³/mol. The number of carbonyl (C=O) groups is 1. The smallest absolute Gasteiger partial charge is 0.216 e. The highest BCUT2D eigenvalue weighted by atomic mass is 16.5. The summed E-state index contributed by atoms with van der Waals surface area (Å²) in [5.74, 6) is 1.02. The highest BCUT2D eigenvalue weighted by Gasteiger charge is 2.45. The van der Waals surface area contributed by atoms with Gasteiger partial charge < -0.3 is 9.47 Å². The highest BCUT2D eigenvalue weighted by molar-refractivity contribution is 6.03. The summed E-state index contributed by atoms with van der Waals surface area (Å²) in [4.78, 5) is 13.1. The minimum atomic E-state index is -0.715. The summed E-state index contributed by atoms with van der Waals surface area (Å²) >= 11 is 0. The van der Waals surface area contributed by atoms with Crippen molar-refractivity contribution >= 4 is 5.78 Å². The van der Waals surface area contributed by atoms with Gasteiger partial charge in [-0.05, 0) is 32.1 Å². The normalized spacial score (nSPS) is 26.5. The van der Waals surface area contributed by atoms with Crippen molar-refractivity contribution in [1.82, 2.24) is 9.78 Å². The lowest BCUT2D eigenvalue weighted by molar-refractivity contribution is -0.0518. The first-order valence-electron chi connectivity index (χ1n) is 7.29. The molecule has 1 aromatic heterocycles. The first-order chi connectivity index (χ1) is 9.54. The summed E-state index contributed by atoms with van der Waals surface area (Å²) in [6, 6.07) is 0. The summed E-state index contributed by atoms with van der Waals surface area (Å²) in [5, 5.41) is 4.13. The fourth-order valence-corrected chi connectivity index (χ4v) is 3.22. The SMILES string of the molecule is CCOC1(C(=O)c2c(OC)cnn2C)CCCC(C)C1. The Morgan fingerprint density at radius 3 is 2.95 bits per heavy atom. The van der Waals surface area contributed by atoms with Gasteiger partial charge in [-0.2, -0.15) is 5.10 Å². The number of carbonyl (C=O) groups excluding carboxylic acids is 1. The van der Waals surface area contributed by atoms with Crippen LogP contribution in [0.25, 0.3) is 0 Å². The fraction of sp³-hybridized carbons (Fsp3) is 0.733. The van der Waals surface area contributed by atoms with E-state index in [0.717, 1.165) is 25.7 Å². The first-order valence-corrected chi connectivity index (χ1v) is 7.29. The minimum absolute atomic E-state index is 0.00255. The van der Waals surface area contributed by atoms with Crippen molar-refractivity contribution in [1.29, 1.82) is 0 Å². The molecule has 112 valence electrons. The van der Waals surface area contributed by atoms with Crippen LogP contribution in [0.4, 0.5) is 0 Å². The first kappa shape index (κ1) is 15.0. The van der Waals surface area contributed by atoms with Crippen LogP contribution in [-0.4, -0.2) is 34.9 Å². The lowest BCUT2D eigenvalue weighted by Crippen LogP contribution is -2.46. The molecule has 0 saturated heterocycles. The van der Waals surface area contributed by atoms with Crippen molar-refractivity contribution < 1.29 is 14.3 Å². The van der Waals surface area contributed by atoms with Gasteiger partial charge in [0.25, 0.3) is 0 Å². The molecule has 20 heavy (non-hydrogen) atoms. The molecule has 0 aromatic carbocycles. The topological polar surface area (TPSA) is 53.4 Å². The third-order valence-electron chi connectivity index (χ3n) is 4.13. The number of hydrogen-bond donors (Lipinski definition) is 0. The number of hydrogen-bond acceptors (Lipinski definition) is 4. The van der Waals surface area contributed by atoms with Gasteiger partial charge >= 0.3 is 0 Å². The molecule has 5 nitrogen and oxygen atoms in total. The van der Waals surface area contributed by atoms with E-state index >= 15 is 0 Å². The summed E-state index contributed by atoms with van der Waals surface area (Å²) in [6.07, 6.45) is 5.31. The van der Waals surface area contributed by atoms with E-state index in [2.05, 4.69) is 12.0 Å². The number of methoxy groups -OCH3 is 1. The summed E-state index contributed by atoms with van der Waals surface area (Å²) in [7, 11) is 3.33. The number of aryl methyl sites for hydroxylation is 1. The zero-order valence-electron chi connectivity index (χ0n) is 12.8. The third-order valence-corrected chi connectivity index (χ3v) is 4.13. The van der Waals surface area contributed by atoms with Crippen LogP contribution in [0.5, 0.6) is 5.75 Å². The van der Waals surface area contributed by atoms with Crippen LogP contribution in [0.1, 0.15) is 50.0 Å². The van der Waals surface area contributed by atoms with Gasteiger partial charge in [0, 0.05) is 13.7 Å². The lowest BCUT2D eigenvalue weighted by Gasteiger charge is -2.38. The largest absolute Gasteiger partial charge is 0.493 e. The van der Waals surface area contributed by atoms with Gasteiger partial charge in [-0.25, -0.2) is 0 Å². The second kappa shape index (κ2) is 5.95. The van der Waals surface area contributed by atoms with E-state index in [-0.39, 0.29) is 5.78 Å². The standard InChI is InChI=1S/C15H24N2O3/c1-5-20-15(8-6-7-11(2)9-15)14(18)13-12(19-4)10-16-17(13)3/h10-11H,5-9H2,1-4H3. The molecule has 2 unspecified atom stereocenters. The van der Waals surface area contributed by atoms with Gasteiger partial charge in [0.2, 0.25) is 5.78 Å². The Hall–Kier alpha value is -1.36. The van der Waals surface area contributed by atoms with Crippen molar-refractivity contribution in [3.63, 3.8) is 0 Å². The van der Waals surface area contributed by atoms with Crippen LogP contribution in [-0.2, 0) is 11.8 Å². The molecular formula is C15H24N2O3. The Kier molecular flexibility index (Phi) is 4.48. The number of ketones is 1. The Morgan fingerprint density at radius 1 is 1.60 bits per heavy atom. The zero-order valence-corrected chi connectivity index (χ0v) is 12.8. The average Bonchev–Trinajstić information content (AvgIpc) is 2.79. The van der Waals surface area contributed by atoms with Crippen LogP contribution in [0, 0.1) is 5.92 Å². The lowest BCUT2D eigenvalue weighted by atomic mass is 9.75. The fourth-order valence-electron chi connectivity index (χ4n) is 3.22. The monoisotopic (exact) mass is 280 g/mol. The van der Waals surface area contributed by atoms with Crippen molar-refractivity contribution in [2.24, 2.45) is 13.0 Å². The van der Waals surface area contributed by atoms with E-state index in [9.17, 15) is 4.79 Å². The van der Waals surface area contributed by atoms with Gasteiger partial charge in [-0.1, -0.05) is 13.3 Å². The molecule has 0 aliphatic heterocycles. The molecule has 0 amide bonds. The molecule has 2 atom stereocenters. The number of aromatic nitrogens is 2. The summed E-state index contributed by atoms with van der Waals surface area (Å²) < 4.78 is 12.8. The molecule has 0 N–H and O–H groups in total. The summed E-state index contributed by atoms with van der Waals surface area (Å²) in [6.45, 7) is 4.66. The van der Waals surface area contributed by atoms with Gasteiger partial charge in [-0.15, -0.1) is 0 Å². The van der Waals surface area contributed by atoms with Crippen molar-refractivity contribution in [3.8, 4) is 5.75 Å². The molecule has 0 bridgehead atoms. The maximum absolute atomic E-state index is 13.1. The molecule has 2 rings (SSSR count). The van der Waals surface area contributed by atoms with E-state index in [1.807, 2.05) is 6.92 Å². The summed E-state index contributed by atoms with van der Waals surface area (Å²) in [5.41, 5.74) is -0.205. The van der Waals surface area contributed by atoms with E-state index in [1.54, 1.807) is 25.0 Å². The Labute approximate surface area is 120 Å². The molecule has 1 saturated carbocycles. The third kappa shape index (κ3) is 2.59. The van der Waals surface area contributed by atoms with Crippen LogP contribution in [0.15, 0.2) is 6.20 Å². The van der Waals surface area contributed by atoms with E-state index in [1.165, 1.54) is 0 Å². The van der Waals surface area contributed by atoms with Crippen molar-refractivity contribution in [3.05, 3.63) is 11.9 Å². The van der Waals surface area contributed by atoms with E-state index < -0.39 is 5.60 Å². The molecule has 5 heteroatoms. The van der Waals surface area contributed by atoms with Crippen LogP contribution >= 0.6 is 0 Å². The second-order valence-electron chi connectivity index (χ2n) is 5.64. The minimum Gasteiger partial charge on any atom is -0.493 e. The molecule has 1 aromatic rings. The zero-order chi connectivity index (χ0) is 14.8. The Bertz CT molecular complexity index is 479. The molecule has 0 radical (unpaired) electrons. The predicted octanol–water partition coefficient (Wildman–Crippen LogP) is 2.60. The molecule has 1 heterocycles. The Balaban J connectivity index is 2.38. The van der Waals surface area contributed by atoms with E-state index in [0.29, 0.717) is 24.0 Å². The van der Waals surface area contributed by atoms with Crippen LogP contribution < -0.4 is 4.74 Å². The van der Waals surface area contributed by atoms with Gasteiger partial charge in [0.15, 0.2) is 5.75 Å². The van der Waals surface area contributed by atoms with E-state index in [4.69, 9.17) is 9.47 Å². The molecule has 0 spiro atoms.